The Morgan fingerprint density at radius 2 is 1.96 bits per heavy atom. The second-order valence-corrected chi connectivity index (χ2v) is 6.68. The molecule has 0 fully saturated rings. The zero-order valence-corrected chi connectivity index (χ0v) is 15.7. The maximum atomic E-state index is 5.91. The number of pyridine rings is 1. The molecule has 0 saturated carbocycles. The zero-order valence-electron chi connectivity index (χ0n) is 15.0. The van der Waals surface area contributed by atoms with E-state index in [9.17, 15) is 0 Å². The lowest BCUT2D eigenvalue weighted by atomic mass is 10.0. The van der Waals surface area contributed by atoms with Gasteiger partial charge >= 0.3 is 0 Å². The van der Waals surface area contributed by atoms with Crippen LogP contribution in [0.3, 0.4) is 0 Å². The number of anilines is 2. The van der Waals surface area contributed by atoms with Crippen LogP contribution in [0.2, 0.25) is 5.02 Å². The van der Waals surface area contributed by atoms with E-state index >= 15 is 0 Å². The van der Waals surface area contributed by atoms with Gasteiger partial charge in [0.1, 0.15) is 5.82 Å². The highest BCUT2D eigenvalue weighted by Crippen LogP contribution is 2.26. The van der Waals surface area contributed by atoms with E-state index in [1.807, 2.05) is 24.3 Å². The predicted octanol–water partition coefficient (Wildman–Crippen LogP) is 4.44. The molecule has 3 aromatic rings. The average Bonchev–Trinajstić information content (AvgIpc) is 2.62. The van der Waals surface area contributed by atoms with Crippen molar-refractivity contribution in [2.24, 2.45) is 0 Å². The van der Waals surface area contributed by atoms with Crippen LogP contribution in [0.5, 0.6) is 0 Å². The normalized spacial score (nSPS) is 10.7. The Bertz CT molecular complexity index is 893. The Labute approximate surface area is 158 Å². The first kappa shape index (κ1) is 18.1. The molecule has 0 saturated heterocycles. The summed E-state index contributed by atoms with van der Waals surface area (Å²) in [6.45, 7) is 4.95. The number of hydrogen-bond acceptors (Lipinski definition) is 5. The summed E-state index contributed by atoms with van der Waals surface area (Å²) < 4.78 is 0. The van der Waals surface area contributed by atoms with Gasteiger partial charge in [-0.15, -0.1) is 0 Å². The summed E-state index contributed by atoms with van der Waals surface area (Å²) in [6.07, 6.45) is 3.47. The summed E-state index contributed by atoms with van der Waals surface area (Å²) in [5.74, 6) is 1.00. The number of hydrogen-bond donors (Lipinski definition) is 2. The van der Waals surface area contributed by atoms with Gasteiger partial charge in [0.2, 0.25) is 5.95 Å². The van der Waals surface area contributed by atoms with E-state index in [0.717, 1.165) is 42.2 Å². The van der Waals surface area contributed by atoms with Crippen LogP contribution in [0.15, 0.2) is 42.6 Å². The molecular formula is C20H22ClN5. The minimum absolute atomic E-state index is 0.269. The van der Waals surface area contributed by atoms with Gasteiger partial charge in [-0.3, -0.25) is 4.98 Å². The quantitative estimate of drug-likeness (QED) is 0.630. The molecule has 2 heterocycles. The minimum atomic E-state index is 0.269. The van der Waals surface area contributed by atoms with E-state index in [1.54, 1.807) is 6.20 Å². The molecule has 0 bridgehead atoms. The van der Waals surface area contributed by atoms with E-state index in [-0.39, 0.29) is 5.95 Å². The monoisotopic (exact) mass is 367 g/mol. The van der Waals surface area contributed by atoms with Crippen molar-refractivity contribution in [1.82, 2.24) is 15.0 Å². The largest absolute Gasteiger partial charge is 0.370 e. The Morgan fingerprint density at radius 3 is 2.73 bits per heavy atom. The SMILES string of the molecule is Cc1cccc(-c2cc(NCCCc3ccc(Cl)cn3)nc(N)n2)c1C. The van der Waals surface area contributed by atoms with Gasteiger partial charge in [-0.1, -0.05) is 29.8 Å². The molecule has 6 heteroatoms. The van der Waals surface area contributed by atoms with Gasteiger partial charge in [-0.2, -0.15) is 4.98 Å². The summed E-state index contributed by atoms with van der Waals surface area (Å²) in [7, 11) is 0. The molecule has 0 aliphatic heterocycles. The average molecular weight is 368 g/mol. The molecule has 0 atom stereocenters. The van der Waals surface area contributed by atoms with Crippen LogP contribution in [-0.4, -0.2) is 21.5 Å². The second-order valence-electron chi connectivity index (χ2n) is 6.24. The third-order valence-corrected chi connectivity index (χ3v) is 4.55. The predicted molar refractivity (Wildman–Crippen MR) is 107 cm³/mol. The van der Waals surface area contributed by atoms with Gasteiger partial charge in [-0.05, 0) is 49.9 Å². The van der Waals surface area contributed by atoms with E-state index in [2.05, 4.69) is 46.2 Å². The third-order valence-electron chi connectivity index (χ3n) is 4.33. The highest BCUT2D eigenvalue weighted by molar-refractivity contribution is 6.30. The molecule has 1 aromatic carbocycles. The summed E-state index contributed by atoms with van der Waals surface area (Å²) >= 11 is 5.85. The van der Waals surface area contributed by atoms with Gasteiger partial charge in [0.25, 0.3) is 0 Å². The number of benzene rings is 1. The maximum absolute atomic E-state index is 5.91. The molecular weight excluding hydrogens is 346 g/mol. The van der Waals surface area contributed by atoms with E-state index < -0.39 is 0 Å². The fraction of sp³-hybridized carbons (Fsp3) is 0.250. The highest BCUT2D eigenvalue weighted by Gasteiger charge is 2.08. The molecule has 5 nitrogen and oxygen atoms in total. The van der Waals surface area contributed by atoms with Gasteiger partial charge in [0, 0.05) is 30.1 Å². The van der Waals surface area contributed by atoms with E-state index in [0.29, 0.717) is 5.02 Å². The van der Waals surface area contributed by atoms with Crippen LogP contribution in [0.4, 0.5) is 11.8 Å². The fourth-order valence-corrected chi connectivity index (χ4v) is 2.88. The van der Waals surface area contributed by atoms with Crippen LogP contribution in [0, 0.1) is 13.8 Å². The van der Waals surface area contributed by atoms with Crippen molar-refractivity contribution in [3.05, 3.63) is 64.4 Å². The lowest BCUT2D eigenvalue weighted by molar-refractivity contribution is 0.833. The second kappa shape index (κ2) is 8.15. The topological polar surface area (TPSA) is 76.7 Å². The number of halogens is 1. The smallest absolute Gasteiger partial charge is 0.222 e. The lowest BCUT2D eigenvalue weighted by Crippen LogP contribution is -2.08. The minimum Gasteiger partial charge on any atom is -0.370 e. The van der Waals surface area contributed by atoms with E-state index in [4.69, 9.17) is 17.3 Å². The molecule has 0 aliphatic carbocycles. The first-order chi connectivity index (χ1) is 12.5. The third kappa shape index (κ3) is 4.49. The van der Waals surface area contributed by atoms with Gasteiger partial charge < -0.3 is 11.1 Å². The molecule has 0 radical (unpaired) electrons. The van der Waals surface area contributed by atoms with Gasteiger partial charge in [0.05, 0.1) is 10.7 Å². The molecule has 0 aliphatic rings. The number of nitrogens with zero attached hydrogens (tertiary/aromatic N) is 3. The number of aryl methyl sites for hydroxylation is 2. The Balaban J connectivity index is 1.66. The van der Waals surface area contributed by atoms with Crippen LogP contribution in [-0.2, 0) is 6.42 Å². The molecule has 3 N–H and O–H groups in total. The number of nitrogen functional groups attached to an aromatic ring is 1. The Kier molecular flexibility index (Phi) is 5.68. The summed E-state index contributed by atoms with van der Waals surface area (Å²) in [6, 6.07) is 11.9. The Hall–Kier alpha value is -2.66. The number of aromatic nitrogens is 3. The lowest BCUT2D eigenvalue weighted by Gasteiger charge is -2.11. The van der Waals surface area contributed by atoms with Gasteiger partial charge in [0.15, 0.2) is 0 Å². The number of nitrogens with one attached hydrogen (secondary N) is 1. The molecule has 26 heavy (non-hydrogen) atoms. The van der Waals surface area contributed by atoms with Crippen LogP contribution in [0.1, 0.15) is 23.2 Å². The van der Waals surface area contributed by atoms with Crippen molar-refractivity contribution < 1.29 is 0 Å². The number of rotatable bonds is 6. The van der Waals surface area contributed by atoms with Crippen molar-refractivity contribution in [3.63, 3.8) is 0 Å². The molecule has 0 unspecified atom stereocenters. The van der Waals surface area contributed by atoms with Crippen molar-refractivity contribution in [2.75, 3.05) is 17.6 Å². The molecule has 2 aromatic heterocycles. The van der Waals surface area contributed by atoms with Crippen LogP contribution >= 0.6 is 11.6 Å². The van der Waals surface area contributed by atoms with Crippen molar-refractivity contribution in [1.29, 1.82) is 0 Å². The molecule has 0 amide bonds. The first-order valence-corrected chi connectivity index (χ1v) is 8.96. The standard InChI is InChI=1S/C20H22ClN5/c1-13-5-3-7-17(14(13)2)18-11-19(26-20(22)25-18)23-10-4-6-16-9-8-15(21)12-24-16/h3,5,7-9,11-12H,4,6,10H2,1-2H3,(H3,22,23,25,26). The van der Waals surface area contributed by atoms with Gasteiger partial charge in [-0.25, -0.2) is 4.98 Å². The Morgan fingerprint density at radius 1 is 1.12 bits per heavy atom. The molecule has 0 spiro atoms. The van der Waals surface area contributed by atoms with Crippen LogP contribution in [0.25, 0.3) is 11.3 Å². The van der Waals surface area contributed by atoms with Crippen molar-refractivity contribution in [3.8, 4) is 11.3 Å². The first-order valence-electron chi connectivity index (χ1n) is 8.58. The maximum Gasteiger partial charge on any atom is 0.222 e. The fourth-order valence-electron chi connectivity index (χ4n) is 2.76. The van der Waals surface area contributed by atoms with Crippen molar-refractivity contribution in [2.45, 2.75) is 26.7 Å². The summed E-state index contributed by atoms with van der Waals surface area (Å²) in [5, 5.41) is 3.98. The zero-order chi connectivity index (χ0) is 18.5. The molecule has 3 rings (SSSR count). The summed E-state index contributed by atoms with van der Waals surface area (Å²) in [4.78, 5) is 13.0. The van der Waals surface area contributed by atoms with Crippen molar-refractivity contribution >= 4 is 23.4 Å². The van der Waals surface area contributed by atoms with Crippen LogP contribution < -0.4 is 11.1 Å². The number of nitrogens with two attached hydrogens (primary N) is 1. The van der Waals surface area contributed by atoms with E-state index in [1.165, 1.54) is 11.1 Å². The molecule has 134 valence electrons. The highest BCUT2D eigenvalue weighted by atomic mass is 35.5. The summed E-state index contributed by atoms with van der Waals surface area (Å²) in [5.41, 5.74) is 11.3.